The summed E-state index contributed by atoms with van der Waals surface area (Å²) in [6.07, 6.45) is 0. The highest BCUT2D eigenvalue weighted by atomic mass is 15.2. The van der Waals surface area contributed by atoms with Crippen molar-refractivity contribution in [3.8, 4) is 6.07 Å². The summed E-state index contributed by atoms with van der Waals surface area (Å²) in [4.78, 5) is 0. The molecular formula is C13H10N4. The molecule has 0 radical (unpaired) electrons. The van der Waals surface area contributed by atoms with Crippen molar-refractivity contribution in [1.29, 1.82) is 5.26 Å². The van der Waals surface area contributed by atoms with E-state index >= 15 is 0 Å². The van der Waals surface area contributed by atoms with Crippen LogP contribution in [-0.4, -0.2) is 14.6 Å². The molecule has 0 unspecified atom stereocenters. The lowest BCUT2D eigenvalue weighted by molar-refractivity contribution is 0.977. The van der Waals surface area contributed by atoms with E-state index < -0.39 is 0 Å². The van der Waals surface area contributed by atoms with Gasteiger partial charge in [-0.3, -0.25) is 4.40 Å². The van der Waals surface area contributed by atoms with Gasteiger partial charge in [0.25, 0.3) is 0 Å². The van der Waals surface area contributed by atoms with Gasteiger partial charge in [-0.25, -0.2) is 0 Å². The molecule has 0 fully saturated rings. The monoisotopic (exact) mass is 222 g/mol. The van der Waals surface area contributed by atoms with Crippen molar-refractivity contribution in [2.24, 2.45) is 0 Å². The molecule has 4 nitrogen and oxygen atoms in total. The summed E-state index contributed by atoms with van der Waals surface area (Å²) in [5, 5.41) is 19.5. The highest BCUT2D eigenvalue weighted by Crippen LogP contribution is 2.25. The van der Waals surface area contributed by atoms with Gasteiger partial charge >= 0.3 is 0 Å². The zero-order valence-corrected chi connectivity index (χ0v) is 9.60. The number of aryl methyl sites for hydroxylation is 2. The Morgan fingerprint density at radius 1 is 1.12 bits per heavy atom. The molecule has 4 heteroatoms. The fraction of sp³-hybridized carbons (Fsp3) is 0.154. The maximum Gasteiger partial charge on any atom is 0.168 e. The van der Waals surface area contributed by atoms with E-state index in [0.29, 0.717) is 5.56 Å². The minimum atomic E-state index is 0.691. The second-order valence-corrected chi connectivity index (χ2v) is 4.02. The maximum absolute atomic E-state index is 9.30. The van der Waals surface area contributed by atoms with E-state index in [4.69, 9.17) is 0 Å². The molecule has 3 aromatic rings. The molecule has 0 saturated heterocycles. The van der Waals surface area contributed by atoms with Gasteiger partial charge in [-0.1, -0.05) is 24.3 Å². The number of pyridine rings is 1. The van der Waals surface area contributed by atoms with E-state index in [1.165, 1.54) is 0 Å². The fourth-order valence-electron chi connectivity index (χ4n) is 2.28. The minimum Gasteiger partial charge on any atom is -0.282 e. The van der Waals surface area contributed by atoms with Crippen LogP contribution in [0.2, 0.25) is 0 Å². The minimum absolute atomic E-state index is 0.691. The van der Waals surface area contributed by atoms with Crippen molar-refractivity contribution in [3.05, 3.63) is 41.3 Å². The van der Waals surface area contributed by atoms with Crippen molar-refractivity contribution in [1.82, 2.24) is 14.6 Å². The molecule has 82 valence electrons. The quantitative estimate of drug-likeness (QED) is 0.586. The Morgan fingerprint density at radius 3 is 2.53 bits per heavy atom. The number of rotatable bonds is 0. The summed E-state index contributed by atoms with van der Waals surface area (Å²) < 4.78 is 1.93. The molecule has 0 aliphatic carbocycles. The highest BCUT2D eigenvalue weighted by molar-refractivity contribution is 5.98. The van der Waals surface area contributed by atoms with Crippen molar-refractivity contribution in [2.75, 3.05) is 0 Å². The van der Waals surface area contributed by atoms with E-state index in [2.05, 4.69) is 16.3 Å². The van der Waals surface area contributed by atoms with Crippen LogP contribution in [0, 0.1) is 25.2 Å². The van der Waals surface area contributed by atoms with Gasteiger partial charge in [-0.05, 0) is 13.8 Å². The van der Waals surface area contributed by atoms with Crippen molar-refractivity contribution in [2.45, 2.75) is 13.8 Å². The molecular weight excluding hydrogens is 212 g/mol. The normalized spacial score (nSPS) is 10.9. The van der Waals surface area contributed by atoms with Gasteiger partial charge in [0.15, 0.2) is 5.65 Å². The molecule has 17 heavy (non-hydrogen) atoms. The second kappa shape index (κ2) is 3.29. The molecule has 2 heterocycles. The van der Waals surface area contributed by atoms with E-state index in [1.807, 2.05) is 42.5 Å². The molecule has 0 atom stereocenters. The molecule has 0 amide bonds. The van der Waals surface area contributed by atoms with Crippen molar-refractivity contribution in [3.63, 3.8) is 0 Å². The zero-order valence-electron chi connectivity index (χ0n) is 9.60. The summed E-state index contributed by atoms with van der Waals surface area (Å²) in [6, 6.07) is 10.1. The van der Waals surface area contributed by atoms with Gasteiger partial charge in [0.1, 0.15) is 11.9 Å². The van der Waals surface area contributed by atoms with Crippen LogP contribution < -0.4 is 0 Å². The Kier molecular flexibility index (Phi) is 1.89. The molecule has 3 rings (SSSR count). The summed E-state index contributed by atoms with van der Waals surface area (Å²) >= 11 is 0. The number of hydrogen-bond donors (Lipinski definition) is 0. The van der Waals surface area contributed by atoms with Gasteiger partial charge in [-0.15, -0.1) is 10.2 Å². The molecule has 0 aliphatic heterocycles. The predicted octanol–water partition coefficient (Wildman–Crippen LogP) is 2.37. The number of hydrogen-bond acceptors (Lipinski definition) is 3. The summed E-state index contributed by atoms with van der Waals surface area (Å²) in [6.45, 7) is 3.82. The summed E-state index contributed by atoms with van der Waals surface area (Å²) in [5.41, 5.74) is 2.40. The first-order chi connectivity index (χ1) is 8.24. The molecule has 0 N–H and O–H groups in total. The van der Waals surface area contributed by atoms with E-state index in [0.717, 1.165) is 27.9 Å². The smallest absolute Gasteiger partial charge is 0.168 e. The Bertz CT molecular complexity index is 777. The van der Waals surface area contributed by atoms with Gasteiger partial charge in [0.2, 0.25) is 0 Å². The summed E-state index contributed by atoms with van der Waals surface area (Å²) in [7, 11) is 0. The predicted molar refractivity (Wildman–Crippen MR) is 64.7 cm³/mol. The second-order valence-electron chi connectivity index (χ2n) is 4.02. The van der Waals surface area contributed by atoms with Crippen LogP contribution in [-0.2, 0) is 0 Å². The lowest BCUT2D eigenvalue weighted by Gasteiger charge is -2.08. The first-order valence-electron chi connectivity index (χ1n) is 5.37. The van der Waals surface area contributed by atoms with Crippen LogP contribution in [0.4, 0.5) is 0 Å². The lowest BCUT2D eigenvalue weighted by Crippen LogP contribution is -1.99. The van der Waals surface area contributed by atoms with Crippen LogP contribution in [0.15, 0.2) is 24.3 Å². The fourth-order valence-corrected chi connectivity index (χ4v) is 2.28. The molecule has 2 aromatic heterocycles. The maximum atomic E-state index is 9.30. The third kappa shape index (κ3) is 1.16. The van der Waals surface area contributed by atoms with Crippen LogP contribution in [0.1, 0.15) is 17.1 Å². The van der Waals surface area contributed by atoms with Crippen LogP contribution >= 0.6 is 0 Å². The SMILES string of the molecule is Cc1nnc2c3ccccc3c(C#N)c(C)n12. The average Bonchev–Trinajstić information content (AvgIpc) is 2.73. The van der Waals surface area contributed by atoms with Gasteiger partial charge in [-0.2, -0.15) is 5.26 Å². The molecule has 0 saturated carbocycles. The van der Waals surface area contributed by atoms with Gasteiger partial charge in [0.05, 0.1) is 5.56 Å². The summed E-state index contributed by atoms with van der Waals surface area (Å²) in [5.74, 6) is 0.805. The van der Waals surface area contributed by atoms with Crippen molar-refractivity contribution >= 4 is 16.4 Å². The standard InChI is InChI=1S/C13H10N4/c1-8-12(7-14)10-5-3-4-6-11(10)13-16-15-9(2)17(8)13/h3-6H,1-2H3. The molecule has 0 bridgehead atoms. The number of nitriles is 1. The first-order valence-corrected chi connectivity index (χ1v) is 5.37. The van der Waals surface area contributed by atoms with Gasteiger partial charge in [0, 0.05) is 16.5 Å². The first kappa shape index (κ1) is 9.79. The van der Waals surface area contributed by atoms with Crippen LogP contribution in [0.25, 0.3) is 16.4 Å². The largest absolute Gasteiger partial charge is 0.282 e. The van der Waals surface area contributed by atoms with E-state index in [-0.39, 0.29) is 0 Å². The topological polar surface area (TPSA) is 54.0 Å². The number of aromatic nitrogens is 3. The third-order valence-corrected chi connectivity index (χ3v) is 3.07. The number of fused-ring (bicyclic) bond motifs is 3. The zero-order chi connectivity index (χ0) is 12.0. The molecule has 1 aromatic carbocycles. The van der Waals surface area contributed by atoms with Crippen molar-refractivity contribution < 1.29 is 0 Å². The van der Waals surface area contributed by atoms with E-state index in [1.54, 1.807) is 0 Å². The number of benzene rings is 1. The highest BCUT2D eigenvalue weighted by Gasteiger charge is 2.13. The Hall–Kier alpha value is -2.41. The number of nitrogens with zero attached hydrogens (tertiary/aromatic N) is 4. The van der Waals surface area contributed by atoms with Crippen LogP contribution in [0.3, 0.4) is 0 Å². The van der Waals surface area contributed by atoms with Gasteiger partial charge < -0.3 is 0 Å². The average molecular weight is 222 g/mol. The Morgan fingerprint density at radius 2 is 1.82 bits per heavy atom. The Labute approximate surface area is 98.1 Å². The van der Waals surface area contributed by atoms with E-state index in [9.17, 15) is 5.26 Å². The molecule has 0 aliphatic rings. The molecule has 0 spiro atoms. The third-order valence-electron chi connectivity index (χ3n) is 3.07. The van der Waals surface area contributed by atoms with Crippen LogP contribution in [0.5, 0.6) is 0 Å². The lowest BCUT2D eigenvalue weighted by atomic mass is 10.1. The Balaban J connectivity index is 2.71.